The molecule has 0 spiro atoms. The van der Waals surface area contributed by atoms with E-state index in [1.165, 1.54) is 26.4 Å². The van der Waals surface area contributed by atoms with E-state index in [0.29, 0.717) is 5.69 Å². The number of amides is 2. The maximum Gasteiger partial charge on any atom is 0.408 e. The first-order valence-corrected chi connectivity index (χ1v) is 10.9. The number of aromatic nitrogens is 2. The van der Waals surface area contributed by atoms with Gasteiger partial charge in [0.25, 0.3) is 0 Å². The monoisotopic (exact) mass is 462 g/mol. The number of nitrogens with one attached hydrogen (secondary N) is 3. The molecule has 2 amide bonds. The Balaban J connectivity index is 1.37. The van der Waals surface area contributed by atoms with Gasteiger partial charge in [-0.2, -0.15) is 0 Å². The molecule has 1 aliphatic rings. The van der Waals surface area contributed by atoms with Gasteiger partial charge in [0, 0.05) is 24.2 Å². The van der Waals surface area contributed by atoms with Gasteiger partial charge in [-0.25, -0.2) is 14.6 Å². The third kappa shape index (κ3) is 4.78. The van der Waals surface area contributed by atoms with Crippen LogP contribution in [0, 0.1) is 0 Å². The lowest BCUT2D eigenvalue weighted by molar-refractivity contribution is -0.142. The molecule has 9 nitrogen and oxygen atoms in total. The highest BCUT2D eigenvalue weighted by atomic mass is 16.5. The molecule has 0 saturated carbocycles. The summed E-state index contributed by atoms with van der Waals surface area (Å²) in [5, 5.41) is 14.5. The van der Waals surface area contributed by atoms with Crippen molar-refractivity contribution in [1.82, 2.24) is 20.6 Å². The highest BCUT2D eigenvalue weighted by Crippen LogP contribution is 2.44. The van der Waals surface area contributed by atoms with Crippen LogP contribution in [0.2, 0.25) is 0 Å². The number of carbonyl (C=O) groups excluding carboxylic acids is 2. The summed E-state index contributed by atoms with van der Waals surface area (Å²) in [5.74, 6) is -1.95. The Morgan fingerprint density at radius 2 is 1.71 bits per heavy atom. The van der Waals surface area contributed by atoms with E-state index in [-0.39, 0.29) is 18.9 Å². The number of alkyl carbamates (subject to hydrolysis) is 1. The Bertz CT molecular complexity index is 1160. The van der Waals surface area contributed by atoms with Crippen molar-refractivity contribution in [2.24, 2.45) is 0 Å². The number of imidazole rings is 1. The molecule has 0 aliphatic heterocycles. The number of aliphatic carboxylic acids is 1. The summed E-state index contributed by atoms with van der Waals surface area (Å²) < 4.78 is 5.50. The molecule has 9 heteroatoms. The lowest BCUT2D eigenvalue weighted by Crippen LogP contribution is -2.58. The van der Waals surface area contributed by atoms with Gasteiger partial charge in [0.15, 0.2) is 0 Å². The zero-order valence-corrected chi connectivity index (χ0v) is 18.9. The molecule has 0 unspecified atom stereocenters. The van der Waals surface area contributed by atoms with E-state index in [1.807, 2.05) is 48.5 Å². The average molecular weight is 463 g/mol. The minimum atomic E-state index is -1.40. The van der Waals surface area contributed by atoms with Crippen LogP contribution < -0.4 is 10.6 Å². The van der Waals surface area contributed by atoms with E-state index >= 15 is 0 Å². The SMILES string of the molecule is CC(C)(NC(=O)OCC1c2ccccc2-c2ccccc21)C(=O)N[C@H](Cc1cnc[nH]1)C(=O)O. The number of ether oxygens (including phenoxy) is 1. The van der Waals surface area contributed by atoms with E-state index in [9.17, 15) is 19.5 Å². The summed E-state index contributed by atoms with van der Waals surface area (Å²) in [7, 11) is 0. The molecule has 4 N–H and O–H groups in total. The molecular formula is C25H26N4O5. The molecule has 0 radical (unpaired) electrons. The fraction of sp³-hybridized carbons (Fsp3) is 0.280. The van der Waals surface area contributed by atoms with E-state index in [2.05, 4.69) is 20.6 Å². The molecule has 0 saturated heterocycles. The van der Waals surface area contributed by atoms with Gasteiger partial charge in [-0.15, -0.1) is 0 Å². The van der Waals surface area contributed by atoms with Crippen LogP contribution in [-0.4, -0.2) is 51.2 Å². The summed E-state index contributed by atoms with van der Waals surface area (Å²) in [4.78, 5) is 43.6. The van der Waals surface area contributed by atoms with Gasteiger partial charge in [0.05, 0.1) is 6.33 Å². The standard InChI is InChI=1S/C25H26N4O5/c1-25(2,23(32)28-21(22(30)31)11-15-12-26-14-27-15)29-24(33)34-13-20-18-9-5-3-7-16(18)17-8-4-6-10-19(17)20/h3-10,12,14,20-21H,11,13H2,1-2H3,(H,26,27)(H,28,32)(H,29,33)(H,30,31)/t21-/m1/s1. The molecule has 1 aromatic heterocycles. The Morgan fingerprint density at radius 3 is 2.26 bits per heavy atom. The van der Waals surface area contributed by atoms with Crippen molar-refractivity contribution in [3.05, 3.63) is 77.9 Å². The molecular weight excluding hydrogens is 436 g/mol. The van der Waals surface area contributed by atoms with Crippen molar-refractivity contribution in [1.29, 1.82) is 0 Å². The number of fused-ring (bicyclic) bond motifs is 3. The molecule has 34 heavy (non-hydrogen) atoms. The van der Waals surface area contributed by atoms with Gasteiger partial charge in [0.1, 0.15) is 18.2 Å². The number of rotatable bonds is 8. The van der Waals surface area contributed by atoms with Crippen LogP contribution in [0.4, 0.5) is 4.79 Å². The van der Waals surface area contributed by atoms with Crippen molar-refractivity contribution in [2.45, 2.75) is 37.8 Å². The molecule has 4 rings (SSSR count). The number of H-pyrrole nitrogens is 1. The molecule has 1 aliphatic carbocycles. The fourth-order valence-corrected chi connectivity index (χ4v) is 4.10. The van der Waals surface area contributed by atoms with Crippen LogP contribution in [0.25, 0.3) is 11.1 Å². The average Bonchev–Trinajstić information content (AvgIpc) is 3.43. The van der Waals surface area contributed by atoms with Crippen LogP contribution in [-0.2, 0) is 20.7 Å². The van der Waals surface area contributed by atoms with Gasteiger partial charge >= 0.3 is 12.1 Å². The van der Waals surface area contributed by atoms with E-state index in [4.69, 9.17) is 4.74 Å². The predicted octanol–water partition coefficient (Wildman–Crippen LogP) is 2.84. The molecule has 3 aromatic rings. The second kappa shape index (κ2) is 9.38. The summed E-state index contributed by atoms with van der Waals surface area (Å²) >= 11 is 0. The highest BCUT2D eigenvalue weighted by Gasteiger charge is 2.34. The first-order valence-electron chi connectivity index (χ1n) is 10.9. The Kier molecular flexibility index (Phi) is 6.36. The lowest BCUT2D eigenvalue weighted by Gasteiger charge is -2.27. The third-order valence-electron chi connectivity index (χ3n) is 5.91. The molecule has 0 bridgehead atoms. The molecule has 1 atom stereocenters. The zero-order valence-electron chi connectivity index (χ0n) is 18.9. The first-order chi connectivity index (χ1) is 16.3. The Morgan fingerprint density at radius 1 is 1.09 bits per heavy atom. The van der Waals surface area contributed by atoms with Crippen LogP contribution in [0.3, 0.4) is 0 Å². The van der Waals surface area contributed by atoms with Gasteiger partial charge in [-0.05, 0) is 36.1 Å². The van der Waals surface area contributed by atoms with Crippen LogP contribution >= 0.6 is 0 Å². The maximum atomic E-state index is 12.8. The molecule has 0 fully saturated rings. The number of benzene rings is 2. The lowest BCUT2D eigenvalue weighted by atomic mass is 9.98. The number of nitrogens with zero attached hydrogens (tertiary/aromatic N) is 1. The third-order valence-corrected chi connectivity index (χ3v) is 5.91. The van der Waals surface area contributed by atoms with E-state index in [0.717, 1.165) is 22.3 Å². The zero-order chi connectivity index (χ0) is 24.3. The molecule has 2 aromatic carbocycles. The number of hydrogen-bond donors (Lipinski definition) is 4. The van der Waals surface area contributed by atoms with Gasteiger partial charge in [0.2, 0.25) is 5.91 Å². The molecule has 176 valence electrons. The summed E-state index contributed by atoms with van der Waals surface area (Å²) in [5.41, 5.74) is 3.56. The number of aromatic amines is 1. The van der Waals surface area contributed by atoms with Crippen molar-refractivity contribution in [2.75, 3.05) is 6.61 Å². The number of hydrogen-bond acceptors (Lipinski definition) is 5. The van der Waals surface area contributed by atoms with Crippen molar-refractivity contribution >= 4 is 18.0 Å². The fourth-order valence-electron chi connectivity index (χ4n) is 4.10. The van der Waals surface area contributed by atoms with Gasteiger partial charge < -0.3 is 25.5 Å². The van der Waals surface area contributed by atoms with Crippen molar-refractivity contribution in [3.8, 4) is 11.1 Å². The maximum absolute atomic E-state index is 12.8. The quantitative estimate of drug-likeness (QED) is 0.407. The topological polar surface area (TPSA) is 133 Å². The molecule has 1 heterocycles. The van der Waals surface area contributed by atoms with Crippen molar-refractivity contribution < 1.29 is 24.2 Å². The minimum absolute atomic E-state index is 0.0299. The number of carbonyl (C=O) groups is 3. The number of carboxylic acid groups (broad SMARTS) is 1. The van der Waals surface area contributed by atoms with Gasteiger partial charge in [-0.1, -0.05) is 48.5 Å². The Hall–Kier alpha value is -4.14. The van der Waals surface area contributed by atoms with E-state index < -0.39 is 29.6 Å². The largest absolute Gasteiger partial charge is 0.480 e. The first kappa shape index (κ1) is 23.0. The van der Waals surface area contributed by atoms with Crippen LogP contribution in [0.1, 0.15) is 36.6 Å². The predicted molar refractivity (Wildman–Crippen MR) is 124 cm³/mol. The number of carboxylic acids is 1. The second-order valence-corrected chi connectivity index (χ2v) is 8.72. The normalized spacial score (nSPS) is 13.5. The summed E-state index contributed by atoms with van der Waals surface area (Å²) in [6.45, 7) is 3.08. The van der Waals surface area contributed by atoms with Gasteiger partial charge in [-0.3, -0.25) is 4.79 Å². The smallest absolute Gasteiger partial charge is 0.408 e. The highest BCUT2D eigenvalue weighted by molar-refractivity contribution is 5.92. The Labute approximate surface area is 196 Å². The van der Waals surface area contributed by atoms with E-state index in [1.54, 1.807) is 0 Å². The summed E-state index contributed by atoms with van der Waals surface area (Å²) in [6, 6.07) is 14.8. The second-order valence-electron chi connectivity index (χ2n) is 8.72. The summed E-state index contributed by atoms with van der Waals surface area (Å²) in [6.07, 6.45) is 2.19. The van der Waals surface area contributed by atoms with Crippen LogP contribution in [0.5, 0.6) is 0 Å². The van der Waals surface area contributed by atoms with Crippen LogP contribution in [0.15, 0.2) is 61.1 Å². The van der Waals surface area contributed by atoms with Crippen molar-refractivity contribution in [3.63, 3.8) is 0 Å². The minimum Gasteiger partial charge on any atom is -0.480 e.